The Morgan fingerprint density at radius 2 is 1.32 bits per heavy atom. The molecule has 0 aliphatic rings. The van der Waals surface area contributed by atoms with Crippen LogP contribution in [0.4, 0.5) is 4.79 Å². The molecule has 0 aliphatic carbocycles. The van der Waals surface area contributed by atoms with E-state index in [0.29, 0.717) is 6.42 Å². The molecule has 10 nitrogen and oxygen atoms in total. The first-order valence-electron chi connectivity index (χ1n) is 11.3. The monoisotopic (exact) mass is 479 g/mol. The summed E-state index contributed by atoms with van der Waals surface area (Å²) in [5.41, 5.74) is 0.806. The third kappa shape index (κ3) is 10.7. The van der Waals surface area contributed by atoms with E-state index in [9.17, 15) is 24.3 Å². The van der Waals surface area contributed by atoms with E-state index in [-0.39, 0.29) is 24.9 Å². The summed E-state index contributed by atoms with van der Waals surface area (Å²) < 4.78 is 9.79. The highest BCUT2D eigenvalue weighted by Crippen LogP contribution is 2.10. The van der Waals surface area contributed by atoms with E-state index in [1.54, 1.807) is 0 Å². The highest BCUT2D eigenvalue weighted by atomic mass is 16.5. The van der Waals surface area contributed by atoms with Crippen molar-refractivity contribution in [3.8, 4) is 0 Å². The number of aliphatic hydroxyl groups excluding tert-OH is 1. The third-order valence-electron chi connectivity index (χ3n) is 4.85. The summed E-state index contributed by atoms with van der Waals surface area (Å²) in [5.74, 6) is -1.88. The second-order valence-corrected chi connectivity index (χ2v) is 8.85. The molecule has 34 heavy (non-hydrogen) atoms. The number of hydrogen-bond donors (Lipinski definition) is 4. The largest absolute Gasteiger partial charge is 0.467 e. The molecule has 0 heterocycles. The van der Waals surface area contributed by atoms with Crippen LogP contribution in [0.25, 0.3) is 0 Å². The van der Waals surface area contributed by atoms with Crippen molar-refractivity contribution in [1.29, 1.82) is 0 Å². The van der Waals surface area contributed by atoms with E-state index in [4.69, 9.17) is 4.74 Å². The number of ether oxygens (including phenoxy) is 2. The van der Waals surface area contributed by atoms with Gasteiger partial charge in [0.15, 0.2) is 6.04 Å². The minimum Gasteiger partial charge on any atom is -0.467 e. The van der Waals surface area contributed by atoms with Crippen molar-refractivity contribution in [1.82, 2.24) is 16.0 Å². The van der Waals surface area contributed by atoms with Gasteiger partial charge in [-0.3, -0.25) is 9.59 Å². The average Bonchev–Trinajstić information content (AvgIpc) is 2.79. The Hall–Kier alpha value is -3.14. The van der Waals surface area contributed by atoms with Crippen LogP contribution in [0.15, 0.2) is 30.3 Å². The number of aliphatic hydroxyl groups is 1. The Labute approximate surface area is 200 Å². The molecule has 0 radical (unpaired) electrons. The summed E-state index contributed by atoms with van der Waals surface area (Å²) >= 11 is 0. The Morgan fingerprint density at radius 3 is 1.79 bits per heavy atom. The minimum atomic E-state index is -1.25. The first kappa shape index (κ1) is 28.9. The number of esters is 1. The second-order valence-electron chi connectivity index (χ2n) is 8.85. The van der Waals surface area contributed by atoms with Crippen LogP contribution in [0.1, 0.15) is 46.1 Å². The molecule has 0 bridgehead atoms. The van der Waals surface area contributed by atoms with Crippen LogP contribution in [0, 0.1) is 11.8 Å². The molecule has 1 aromatic rings. The van der Waals surface area contributed by atoms with Crippen LogP contribution in [0.2, 0.25) is 0 Å². The molecule has 10 heteroatoms. The molecule has 190 valence electrons. The zero-order chi connectivity index (χ0) is 25.7. The van der Waals surface area contributed by atoms with Gasteiger partial charge in [-0.1, -0.05) is 58.0 Å². The van der Waals surface area contributed by atoms with E-state index in [0.717, 1.165) is 12.7 Å². The lowest BCUT2D eigenvalue weighted by atomic mass is 10.00. The molecule has 1 aromatic carbocycles. The zero-order valence-corrected chi connectivity index (χ0v) is 20.5. The summed E-state index contributed by atoms with van der Waals surface area (Å²) in [4.78, 5) is 49.8. The van der Waals surface area contributed by atoms with Crippen LogP contribution < -0.4 is 16.0 Å². The van der Waals surface area contributed by atoms with Crippen LogP contribution in [-0.2, 0) is 30.5 Å². The highest BCUT2D eigenvalue weighted by molar-refractivity contribution is 5.93. The van der Waals surface area contributed by atoms with E-state index >= 15 is 0 Å². The van der Waals surface area contributed by atoms with Gasteiger partial charge < -0.3 is 30.5 Å². The van der Waals surface area contributed by atoms with E-state index < -0.39 is 48.6 Å². The number of nitrogens with one attached hydrogen (secondary N) is 3. The van der Waals surface area contributed by atoms with Crippen molar-refractivity contribution >= 4 is 23.9 Å². The Bertz CT molecular complexity index is 799. The fourth-order valence-electron chi connectivity index (χ4n) is 3.18. The van der Waals surface area contributed by atoms with Gasteiger partial charge >= 0.3 is 12.1 Å². The number of amides is 3. The van der Waals surface area contributed by atoms with E-state index in [1.165, 1.54) is 0 Å². The first-order valence-corrected chi connectivity index (χ1v) is 11.3. The maximum Gasteiger partial charge on any atom is 0.408 e. The number of rotatable bonds is 13. The lowest BCUT2D eigenvalue weighted by molar-refractivity contribution is -0.146. The summed E-state index contributed by atoms with van der Waals surface area (Å²) in [5, 5.41) is 17.0. The number of carbonyl (C=O) groups is 4. The van der Waals surface area contributed by atoms with E-state index in [2.05, 4.69) is 20.7 Å². The number of hydrogen-bond acceptors (Lipinski definition) is 7. The first-order chi connectivity index (χ1) is 16.1. The fraction of sp³-hybridized carbons (Fsp3) is 0.583. The standard InChI is InChI=1S/C24H37N3O7/c1-15(2)11-18(21(29)26-20(13-28)23(31)33-5)25-22(30)19(12-16(3)4)27-24(32)34-14-17-9-7-6-8-10-17/h6-10,15-16,18-20,28H,11-14H2,1-5H3,(H,25,30)(H,26,29)(H,27,32)/t18-,19-,20-/m0/s1. The molecule has 0 saturated heterocycles. The quantitative estimate of drug-likeness (QED) is 0.314. The molecule has 0 fully saturated rings. The normalized spacial score (nSPS) is 13.5. The molecular weight excluding hydrogens is 442 g/mol. The molecule has 0 aromatic heterocycles. The molecule has 3 atom stereocenters. The molecule has 1 rings (SSSR count). The van der Waals surface area contributed by atoms with Crippen LogP contribution in [0.5, 0.6) is 0 Å². The summed E-state index contributed by atoms with van der Waals surface area (Å²) in [6, 6.07) is 5.97. The summed E-state index contributed by atoms with van der Waals surface area (Å²) in [7, 11) is 1.14. The molecule has 0 saturated carbocycles. The van der Waals surface area contributed by atoms with Crippen molar-refractivity contribution in [3.63, 3.8) is 0 Å². The lowest BCUT2D eigenvalue weighted by Gasteiger charge is -2.26. The third-order valence-corrected chi connectivity index (χ3v) is 4.85. The molecule has 0 unspecified atom stereocenters. The van der Waals surface area contributed by atoms with Gasteiger partial charge in [0.05, 0.1) is 13.7 Å². The maximum atomic E-state index is 13.0. The van der Waals surface area contributed by atoms with Gasteiger partial charge in [-0.15, -0.1) is 0 Å². The van der Waals surface area contributed by atoms with Crippen molar-refractivity contribution in [2.75, 3.05) is 13.7 Å². The van der Waals surface area contributed by atoms with Gasteiger partial charge in [-0.2, -0.15) is 0 Å². The SMILES string of the molecule is COC(=O)[C@H](CO)NC(=O)[C@H](CC(C)C)NC(=O)[C@H](CC(C)C)NC(=O)OCc1ccccc1. The molecule has 3 amide bonds. The average molecular weight is 480 g/mol. The Morgan fingerprint density at radius 1 is 0.824 bits per heavy atom. The fourth-order valence-corrected chi connectivity index (χ4v) is 3.18. The molecule has 0 spiro atoms. The minimum absolute atomic E-state index is 0.0362. The molecule has 0 aliphatic heterocycles. The summed E-state index contributed by atoms with van der Waals surface area (Å²) in [6.07, 6.45) is -0.145. The van der Waals surface area contributed by atoms with Crippen LogP contribution in [-0.4, -0.2) is 60.8 Å². The lowest BCUT2D eigenvalue weighted by Crippen LogP contribution is -2.56. The van der Waals surface area contributed by atoms with Crippen molar-refractivity contribution in [2.24, 2.45) is 11.8 Å². The molecule has 4 N–H and O–H groups in total. The van der Waals surface area contributed by atoms with Gasteiger partial charge in [0.1, 0.15) is 18.7 Å². The number of alkyl carbamates (subject to hydrolysis) is 1. The maximum absolute atomic E-state index is 13.0. The predicted molar refractivity (Wildman–Crippen MR) is 125 cm³/mol. The van der Waals surface area contributed by atoms with Gasteiger partial charge in [0.25, 0.3) is 0 Å². The topological polar surface area (TPSA) is 143 Å². The zero-order valence-electron chi connectivity index (χ0n) is 20.5. The second kappa shape index (κ2) is 14.9. The number of methoxy groups -OCH3 is 1. The van der Waals surface area contributed by atoms with Gasteiger partial charge in [-0.25, -0.2) is 9.59 Å². The highest BCUT2D eigenvalue weighted by Gasteiger charge is 2.30. The van der Waals surface area contributed by atoms with Gasteiger partial charge in [0, 0.05) is 0 Å². The number of benzene rings is 1. The molecular formula is C24H37N3O7. The van der Waals surface area contributed by atoms with Crippen molar-refractivity contribution < 1.29 is 33.8 Å². The van der Waals surface area contributed by atoms with Crippen molar-refractivity contribution in [2.45, 2.75) is 65.3 Å². The summed E-state index contributed by atoms with van der Waals surface area (Å²) in [6.45, 7) is 6.96. The van der Waals surface area contributed by atoms with Gasteiger partial charge in [0.2, 0.25) is 11.8 Å². The van der Waals surface area contributed by atoms with Gasteiger partial charge in [-0.05, 0) is 30.2 Å². The number of carbonyl (C=O) groups excluding carboxylic acids is 4. The van der Waals surface area contributed by atoms with E-state index in [1.807, 2.05) is 58.0 Å². The van der Waals surface area contributed by atoms with Crippen molar-refractivity contribution in [3.05, 3.63) is 35.9 Å². The Kier molecular flexibility index (Phi) is 12.7. The predicted octanol–water partition coefficient (Wildman–Crippen LogP) is 1.51. The Balaban J connectivity index is 2.86. The van der Waals surface area contributed by atoms with Crippen LogP contribution in [0.3, 0.4) is 0 Å². The van der Waals surface area contributed by atoms with Crippen LogP contribution >= 0.6 is 0 Å². The smallest absolute Gasteiger partial charge is 0.408 e.